The molecule has 2 N–H and O–H groups in total. The second kappa shape index (κ2) is 8.58. The molecule has 2 atom stereocenters. The van der Waals surface area contributed by atoms with Crippen LogP contribution >= 0.6 is 11.8 Å². The molecule has 0 aromatic heterocycles. The average Bonchev–Trinajstić information content (AvgIpc) is 2.33. The van der Waals surface area contributed by atoms with Gasteiger partial charge in [-0.2, -0.15) is 11.8 Å². The lowest BCUT2D eigenvalue weighted by Crippen LogP contribution is -2.47. The summed E-state index contributed by atoms with van der Waals surface area (Å²) in [5.74, 6) is 2.32. The maximum atomic E-state index is 12.2. The molecule has 1 rings (SSSR count). The molecule has 1 amide bonds. The van der Waals surface area contributed by atoms with Crippen LogP contribution in [0.5, 0.6) is 0 Å². The Morgan fingerprint density at radius 3 is 2.65 bits per heavy atom. The molecule has 0 aromatic carbocycles. The van der Waals surface area contributed by atoms with Crippen molar-refractivity contribution in [1.82, 2.24) is 10.2 Å². The van der Waals surface area contributed by atoms with Gasteiger partial charge in [0, 0.05) is 31.4 Å². The van der Waals surface area contributed by atoms with Gasteiger partial charge >= 0.3 is 6.09 Å². The summed E-state index contributed by atoms with van der Waals surface area (Å²) in [5, 5.41) is 13.2. The van der Waals surface area contributed by atoms with E-state index in [4.69, 9.17) is 4.74 Å². The zero-order valence-corrected chi connectivity index (χ0v) is 16.3. The highest BCUT2D eigenvalue weighted by molar-refractivity contribution is 7.99. The Kier molecular flexibility index (Phi) is 7.68. The number of carbonyl (C=O) groups excluding carboxylic acids is 1. The summed E-state index contributed by atoms with van der Waals surface area (Å²) in [5.41, 5.74) is -0.156. The van der Waals surface area contributed by atoms with Gasteiger partial charge in [0.2, 0.25) is 0 Å². The third kappa shape index (κ3) is 8.82. The van der Waals surface area contributed by atoms with Crippen LogP contribution in [0.3, 0.4) is 0 Å². The second-order valence-electron chi connectivity index (χ2n) is 8.31. The van der Waals surface area contributed by atoms with E-state index in [0.29, 0.717) is 31.1 Å². The zero-order valence-electron chi connectivity index (χ0n) is 15.5. The Balaban J connectivity index is 2.46. The Labute approximate surface area is 145 Å². The summed E-state index contributed by atoms with van der Waals surface area (Å²) in [7, 11) is 0. The number of carbonyl (C=O) groups is 1. The molecule has 1 fully saturated rings. The number of thioether (sulfide) groups is 1. The molecular weight excluding hydrogens is 312 g/mol. The Morgan fingerprint density at radius 1 is 1.48 bits per heavy atom. The fourth-order valence-electron chi connectivity index (χ4n) is 2.70. The van der Waals surface area contributed by atoms with Crippen molar-refractivity contribution in [3.63, 3.8) is 0 Å². The number of aliphatic hydroxyl groups is 1. The van der Waals surface area contributed by atoms with Crippen molar-refractivity contribution < 1.29 is 14.6 Å². The van der Waals surface area contributed by atoms with E-state index in [9.17, 15) is 9.90 Å². The Bertz CT molecular complexity index is 381. The van der Waals surface area contributed by atoms with Gasteiger partial charge in [-0.15, -0.1) is 0 Å². The molecule has 0 aromatic rings. The van der Waals surface area contributed by atoms with Crippen LogP contribution < -0.4 is 5.32 Å². The number of hydrogen-bond donors (Lipinski definition) is 2. The fourth-order valence-corrected chi connectivity index (χ4v) is 4.01. The minimum absolute atomic E-state index is 0.293. The van der Waals surface area contributed by atoms with Crippen LogP contribution in [0.1, 0.15) is 48.0 Å². The molecule has 1 aliphatic heterocycles. The highest BCUT2D eigenvalue weighted by Gasteiger charge is 2.28. The number of hydrogen-bond acceptors (Lipinski definition) is 5. The average molecular weight is 347 g/mol. The van der Waals surface area contributed by atoms with Gasteiger partial charge in [-0.1, -0.05) is 13.8 Å². The van der Waals surface area contributed by atoms with E-state index in [2.05, 4.69) is 19.2 Å². The van der Waals surface area contributed by atoms with Crippen molar-refractivity contribution in [2.24, 2.45) is 5.41 Å². The highest BCUT2D eigenvalue weighted by Crippen LogP contribution is 2.33. The number of nitrogens with one attached hydrogen (secondary N) is 1. The van der Waals surface area contributed by atoms with Gasteiger partial charge in [0.05, 0.1) is 6.10 Å². The van der Waals surface area contributed by atoms with Crippen molar-refractivity contribution in [3.8, 4) is 0 Å². The first-order valence-corrected chi connectivity index (χ1v) is 9.61. The first-order valence-electron chi connectivity index (χ1n) is 8.46. The van der Waals surface area contributed by atoms with E-state index in [0.717, 1.165) is 12.2 Å². The van der Waals surface area contributed by atoms with Crippen LogP contribution in [0.15, 0.2) is 0 Å². The van der Waals surface area contributed by atoms with Crippen molar-refractivity contribution in [1.29, 1.82) is 0 Å². The van der Waals surface area contributed by atoms with Crippen LogP contribution in [-0.2, 0) is 4.74 Å². The van der Waals surface area contributed by atoms with Crippen molar-refractivity contribution in [3.05, 3.63) is 0 Å². The van der Waals surface area contributed by atoms with E-state index < -0.39 is 11.7 Å². The van der Waals surface area contributed by atoms with Crippen molar-refractivity contribution >= 4 is 17.9 Å². The third-order valence-corrected chi connectivity index (χ3v) is 5.19. The molecular formula is C17H34N2O3S. The first-order chi connectivity index (χ1) is 10.5. The summed E-state index contributed by atoms with van der Waals surface area (Å²) in [6, 6.07) is 0.482. The summed E-state index contributed by atoms with van der Waals surface area (Å²) < 4.78 is 5.42. The van der Waals surface area contributed by atoms with Crippen molar-refractivity contribution in [2.45, 2.75) is 65.7 Å². The van der Waals surface area contributed by atoms with Gasteiger partial charge < -0.3 is 20.1 Å². The zero-order chi connectivity index (χ0) is 17.7. The van der Waals surface area contributed by atoms with Gasteiger partial charge in [0.15, 0.2) is 0 Å². The van der Waals surface area contributed by atoms with Crippen LogP contribution in [0.2, 0.25) is 0 Å². The maximum Gasteiger partial charge on any atom is 0.410 e. The van der Waals surface area contributed by atoms with E-state index in [1.807, 2.05) is 32.5 Å². The maximum absolute atomic E-state index is 12.2. The number of nitrogens with zero attached hydrogens (tertiary/aromatic N) is 1. The summed E-state index contributed by atoms with van der Waals surface area (Å²) in [6.07, 6.45) is 0.230. The van der Waals surface area contributed by atoms with Crippen LogP contribution in [0.25, 0.3) is 0 Å². The molecule has 0 bridgehead atoms. The lowest BCUT2D eigenvalue weighted by molar-refractivity contribution is 0.0162. The van der Waals surface area contributed by atoms with E-state index in [-0.39, 0.29) is 6.09 Å². The minimum atomic E-state index is -0.563. The molecule has 0 saturated carbocycles. The number of amides is 1. The minimum Gasteiger partial charge on any atom is -0.444 e. The third-order valence-electron chi connectivity index (χ3n) is 3.56. The molecule has 0 spiro atoms. The molecule has 23 heavy (non-hydrogen) atoms. The van der Waals surface area contributed by atoms with Gasteiger partial charge in [0.1, 0.15) is 5.60 Å². The summed E-state index contributed by atoms with van der Waals surface area (Å²) in [6.45, 7) is 13.4. The lowest BCUT2D eigenvalue weighted by atomic mass is 9.88. The van der Waals surface area contributed by atoms with Crippen LogP contribution in [0.4, 0.5) is 4.79 Å². The lowest BCUT2D eigenvalue weighted by Gasteiger charge is -2.35. The van der Waals surface area contributed by atoms with Gasteiger partial charge in [-0.05, 0) is 45.3 Å². The largest absolute Gasteiger partial charge is 0.444 e. The Morgan fingerprint density at radius 2 is 2.13 bits per heavy atom. The predicted octanol–water partition coefficient (Wildman–Crippen LogP) is 2.73. The summed E-state index contributed by atoms with van der Waals surface area (Å²) >= 11 is 1.99. The molecule has 5 nitrogen and oxygen atoms in total. The Hall–Kier alpha value is -0.460. The molecule has 6 heteroatoms. The number of ether oxygens (including phenoxy) is 1. The van der Waals surface area contributed by atoms with Crippen LogP contribution in [0, 0.1) is 5.41 Å². The highest BCUT2D eigenvalue weighted by atomic mass is 32.2. The smallest absolute Gasteiger partial charge is 0.410 e. The predicted molar refractivity (Wildman–Crippen MR) is 97.0 cm³/mol. The van der Waals surface area contributed by atoms with E-state index in [1.165, 1.54) is 5.75 Å². The number of rotatable bonds is 6. The molecule has 1 saturated heterocycles. The molecule has 0 radical (unpaired) electrons. The molecule has 1 aliphatic rings. The van der Waals surface area contributed by atoms with E-state index >= 15 is 0 Å². The quantitative estimate of drug-likeness (QED) is 0.774. The second-order valence-corrected chi connectivity index (χ2v) is 9.34. The topological polar surface area (TPSA) is 61.8 Å². The first kappa shape index (κ1) is 20.6. The standard InChI is InChI=1S/C17H34N2O3S/c1-13(20)10-19(15(21)22-16(2,3)4)8-7-18-14-9-17(5,6)12-23-11-14/h13-14,18,20H,7-12H2,1-6H3. The van der Waals surface area contributed by atoms with Crippen molar-refractivity contribution in [2.75, 3.05) is 31.1 Å². The molecule has 136 valence electrons. The molecule has 1 heterocycles. The molecule has 2 unspecified atom stereocenters. The van der Waals surface area contributed by atoms with Gasteiger partial charge in [0.25, 0.3) is 0 Å². The number of aliphatic hydroxyl groups excluding tert-OH is 1. The SMILES string of the molecule is CC(O)CN(CCNC1CSCC(C)(C)C1)C(=O)OC(C)(C)C. The fraction of sp³-hybridized carbons (Fsp3) is 0.941. The monoisotopic (exact) mass is 346 g/mol. The summed E-state index contributed by atoms with van der Waals surface area (Å²) in [4.78, 5) is 13.8. The molecule has 0 aliphatic carbocycles. The van der Waals surface area contributed by atoms with Gasteiger partial charge in [-0.25, -0.2) is 4.79 Å². The van der Waals surface area contributed by atoms with Gasteiger partial charge in [-0.3, -0.25) is 0 Å². The normalized spacial score (nSPS) is 22.5. The van der Waals surface area contributed by atoms with E-state index in [1.54, 1.807) is 11.8 Å². The van der Waals surface area contributed by atoms with Crippen LogP contribution in [-0.4, -0.2) is 65.0 Å².